The molecule has 0 aliphatic carbocycles. The summed E-state index contributed by atoms with van der Waals surface area (Å²) in [6.07, 6.45) is 2.38. The van der Waals surface area contributed by atoms with Crippen LogP contribution in [0.2, 0.25) is 0 Å². The standard InChI is InChI=1S/C19H23NO4S/c1-15(21)17-10-7-11-18(14-17)25(22,23)20-13-6-5-9-16-8-3-4-12-19(16)24-2/h3-4,7-8,10-12,14,20H,5-6,9,13H2,1-2H3. The van der Waals surface area contributed by atoms with Gasteiger partial charge in [-0.05, 0) is 49.9 Å². The lowest BCUT2D eigenvalue weighted by Gasteiger charge is -2.09. The Kier molecular flexibility index (Phi) is 6.73. The maximum atomic E-state index is 12.3. The summed E-state index contributed by atoms with van der Waals surface area (Å²) in [5.74, 6) is 0.693. The molecule has 0 amide bonds. The number of unbranched alkanes of at least 4 members (excludes halogenated alkanes) is 1. The number of nitrogens with one attached hydrogen (secondary N) is 1. The zero-order valence-electron chi connectivity index (χ0n) is 14.5. The van der Waals surface area contributed by atoms with Gasteiger partial charge in [-0.1, -0.05) is 30.3 Å². The number of hydrogen-bond acceptors (Lipinski definition) is 4. The Bertz CT molecular complexity index is 831. The third kappa shape index (κ3) is 5.41. The van der Waals surface area contributed by atoms with Gasteiger partial charge in [-0.25, -0.2) is 13.1 Å². The molecule has 0 aromatic heterocycles. The van der Waals surface area contributed by atoms with Crippen molar-refractivity contribution in [2.24, 2.45) is 0 Å². The first-order valence-corrected chi connectivity index (χ1v) is 9.65. The fourth-order valence-electron chi connectivity index (χ4n) is 2.52. The molecular weight excluding hydrogens is 338 g/mol. The van der Waals surface area contributed by atoms with Crippen LogP contribution in [-0.2, 0) is 16.4 Å². The minimum atomic E-state index is -3.60. The predicted octanol–water partition coefficient (Wildman–Crippen LogP) is 3.20. The summed E-state index contributed by atoms with van der Waals surface area (Å²) in [6.45, 7) is 1.76. The average molecular weight is 361 g/mol. The van der Waals surface area contributed by atoms with Gasteiger partial charge in [0.2, 0.25) is 10.0 Å². The molecule has 0 bridgehead atoms. The first-order valence-electron chi connectivity index (χ1n) is 8.16. The van der Waals surface area contributed by atoms with Gasteiger partial charge in [0.1, 0.15) is 5.75 Å². The van der Waals surface area contributed by atoms with Crippen LogP contribution in [0.25, 0.3) is 0 Å². The molecule has 0 radical (unpaired) electrons. The van der Waals surface area contributed by atoms with Crippen molar-refractivity contribution < 1.29 is 17.9 Å². The predicted molar refractivity (Wildman–Crippen MR) is 97.6 cm³/mol. The van der Waals surface area contributed by atoms with Gasteiger partial charge in [0.15, 0.2) is 5.78 Å². The van der Waals surface area contributed by atoms with Gasteiger partial charge in [0.05, 0.1) is 12.0 Å². The van der Waals surface area contributed by atoms with E-state index < -0.39 is 10.0 Å². The van der Waals surface area contributed by atoms with Crippen molar-refractivity contribution in [2.75, 3.05) is 13.7 Å². The minimum absolute atomic E-state index is 0.116. The number of carbonyl (C=O) groups is 1. The summed E-state index contributed by atoms with van der Waals surface area (Å²) in [4.78, 5) is 11.5. The van der Waals surface area contributed by atoms with Crippen molar-refractivity contribution in [3.8, 4) is 5.75 Å². The number of aryl methyl sites for hydroxylation is 1. The Morgan fingerprint density at radius 2 is 1.84 bits per heavy atom. The van der Waals surface area contributed by atoms with E-state index in [2.05, 4.69) is 4.72 Å². The number of carbonyl (C=O) groups excluding carboxylic acids is 1. The molecule has 0 saturated carbocycles. The maximum Gasteiger partial charge on any atom is 0.240 e. The normalized spacial score (nSPS) is 11.3. The van der Waals surface area contributed by atoms with Crippen LogP contribution in [0.3, 0.4) is 0 Å². The third-order valence-corrected chi connectivity index (χ3v) is 5.37. The van der Waals surface area contributed by atoms with Crippen LogP contribution >= 0.6 is 0 Å². The van der Waals surface area contributed by atoms with Crippen LogP contribution < -0.4 is 9.46 Å². The topological polar surface area (TPSA) is 72.5 Å². The molecule has 0 heterocycles. The van der Waals surface area contributed by atoms with E-state index in [9.17, 15) is 13.2 Å². The number of ketones is 1. The van der Waals surface area contributed by atoms with E-state index in [1.165, 1.54) is 19.1 Å². The van der Waals surface area contributed by atoms with E-state index in [1.807, 2.05) is 24.3 Å². The van der Waals surface area contributed by atoms with Gasteiger partial charge in [-0.2, -0.15) is 0 Å². The number of rotatable bonds is 9. The Labute approximate surface area is 149 Å². The summed E-state index contributed by atoms with van der Waals surface area (Å²) < 4.78 is 32.5. The van der Waals surface area contributed by atoms with Crippen LogP contribution in [0.15, 0.2) is 53.4 Å². The second-order valence-corrected chi connectivity index (χ2v) is 7.52. The van der Waals surface area contributed by atoms with Crippen LogP contribution in [-0.4, -0.2) is 27.9 Å². The summed E-state index contributed by atoms with van der Waals surface area (Å²) in [6, 6.07) is 13.9. The fourth-order valence-corrected chi connectivity index (χ4v) is 3.64. The van der Waals surface area contributed by atoms with Gasteiger partial charge in [-0.3, -0.25) is 4.79 Å². The van der Waals surface area contributed by atoms with Crippen LogP contribution in [0, 0.1) is 0 Å². The number of Topliss-reactive ketones (excluding diaryl/α,β-unsaturated/α-hetero) is 1. The molecule has 2 rings (SSSR count). The molecule has 134 valence electrons. The second kappa shape index (κ2) is 8.78. The Hall–Kier alpha value is -2.18. The average Bonchev–Trinajstić information content (AvgIpc) is 2.61. The number of methoxy groups -OCH3 is 1. The van der Waals surface area contributed by atoms with Crippen molar-refractivity contribution in [1.82, 2.24) is 4.72 Å². The molecule has 2 aromatic rings. The maximum absolute atomic E-state index is 12.3. The first-order chi connectivity index (χ1) is 11.9. The molecule has 0 aliphatic heterocycles. The highest BCUT2D eigenvalue weighted by Gasteiger charge is 2.14. The second-order valence-electron chi connectivity index (χ2n) is 5.75. The van der Waals surface area contributed by atoms with E-state index in [4.69, 9.17) is 4.74 Å². The van der Waals surface area contributed by atoms with Crippen molar-refractivity contribution in [3.63, 3.8) is 0 Å². The van der Waals surface area contributed by atoms with Gasteiger partial charge in [0, 0.05) is 12.1 Å². The highest BCUT2D eigenvalue weighted by atomic mass is 32.2. The Morgan fingerprint density at radius 1 is 1.08 bits per heavy atom. The zero-order valence-corrected chi connectivity index (χ0v) is 15.3. The van der Waals surface area contributed by atoms with Crippen molar-refractivity contribution in [2.45, 2.75) is 31.1 Å². The van der Waals surface area contributed by atoms with Gasteiger partial charge < -0.3 is 4.74 Å². The number of benzene rings is 2. The van der Waals surface area contributed by atoms with Gasteiger partial charge >= 0.3 is 0 Å². The molecule has 0 saturated heterocycles. The van der Waals surface area contributed by atoms with Crippen LogP contribution in [0.4, 0.5) is 0 Å². The molecule has 5 nitrogen and oxygen atoms in total. The third-order valence-electron chi connectivity index (χ3n) is 3.91. The Morgan fingerprint density at radius 3 is 2.56 bits per heavy atom. The molecule has 6 heteroatoms. The largest absolute Gasteiger partial charge is 0.496 e. The zero-order chi connectivity index (χ0) is 18.3. The molecule has 25 heavy (non-hydrogen) atoms. The molecule has 0 fully saturated rings. The number of para-hydroxylation sites is 1. The van der Waals surface area contributed by atoms with E-state index >= 15 is 0 Å². The lowest BCUT2D eigenvalue weighted by molar-refractivity contribution is 0.101. The van der Waals surface area contributed by atoms with Gasteiger partial charge in [-0.15, -0.1) is 0 Å². The van der Waals surface area contributed by atoms with Crippen LogP contribution in [0.1, 0.15) is 35.7 Å². The SMILES string of the molecule is COc1ccccc1CCCCNS(=O)(=O)c1cccc(C(C)=O)c1. The van der Waals surface area contributed by atoms with Crippen molar-refractivity contribution >= 4 is 15.8 Å². The molecular formula is C19H23NO4S. The number of ether oxygens (including phenoxy) is 1. The van der Waals surface area contributed by atoms with Crippen molar-refractivity contribution in [3.05, 3.63) is 59.7 Å². The molecule has 0 unspecified atom stereocenters. The quantitative estimate of drug-likeness (QED) is 0.550. The highest BCUT2D eigenvalue weighted by Crippen LogP contribution is 2.19. The summed E-state index contributed by atoms with van der Waals surface area (Å²) in [5.41, 5.74) is 1.50. The minimum Gasteiger partial charge on any atom is -0.496 e. The molecule has 0 atom stereocenters. The fraction of sp³-hybridized carbons (Fsp3) is 0.316. The molecule has 2 aromatic carbocycles. The lowest BCUT2D eigenvalue weighted by Crippen LogP contribution is -2.25. The lowest BCUT2D eigenvalue weighted by atomic mass is 10.1. The van der Waals surface area contributed by atoms with Crippen LogP contribution in [0.5, 0.6) is 5.75 Å². The van der Waals surface area contributed by atoms with E-state index in [0.717, 1.165) is 24.2 Å². The first kappa shape index (κ1) is 19.1. The number of sulfonamides is 1. The highest BCUT2D eigenvalue weighted by molar-refractivity contribution is 7.89. The monoisotopic (exact) mass is 361 g/mol. The molecule has 1 N–H and O–H groups in total. The van der Waals surface area contributed by atoms with E-state index in [0.29, 0.717) is 18.5 Å². The van der Waals surface area contributed by atoms with E-state index in [1.54, 1.807) is 19.2 Å². The molecule has 0 spiro atoms. The van der Waals surface area contributed by atoms with Crippen molar-refractivity contribution in [1.29, 1.82) is 0 Å². The smallest absolute Gasteiger partial charge is 0.240 e. The van der Waals surface area contributed by atoms with Gasteiger partial charge in [0.25, 0.3) is 0 Å². The summed E-state index contributed by atoms with van der Waals surface area (Å²) >= 11 is 0. The summed E-state index contributed by atoms with van der Waals surface area (Å²) in [7, 11) is -1.96. The Balaban J connectivity index is 1.86. The van der Waals surface area contributed by atoms with E-state index in [-0.39, 0.29) is 10.7 Å². The number of hydrogen-bond donors (Lipinski definition) is 1. The molecule has 0 aliphatic rings. The summed E-state index contributed by atoms with van der Waals surface area (Å²) in [5, 5.41) is 0.